The molecule has 1 aromatic rings. The van der Waals surface area contributed by atoms with Gasteiger partial charge in [-0.3, -0.25) is 0 Å². The van der Waals surface area contributed by atoms with Crippen molar-refractivity contribution >= 4 is 11.7 Å². The Morgan fingerprint density at radius 3 is 2.78 bits per heavy atom. The summed E-state index contributed by atoms with van der Waals surface area (Å²) in [6.45, 7) is 6.13. The Labute approximate surface area is 161 Å². The van der Waals surface area contributed by atoms with Gasteiger partial charge in [0, 0.05) is 39.0 Å². The van der Waals surface area contributed by atoms with Crippen LogP contribution in [0.25, 0.3) is 0 Å². The van der Waals surface area contributed by atoms with Crippen molar-refractivity contribution in [3.8, 4) is 0 Å². The number of amides is 2. The van der Waals surface area contributed by atoms with Crippen LogP contribution in [-0.4, -0.2) is 67.9 Å². The van der Waals surface area contributed by atoms with E-state index in [0.717, 1.165) is 49.6 Å². The monoisotopic (exact) mass is 376 g/mol. The van der Waals surface area contributed by atoms with Crippen molar-refractivity contribution in [2.45, 2.75) is 31.7 Å². The van der Waals surface area contributed by atoms with E-state index in [1.807, 2.05) is 18.2 Å². The largest absolute Gasteiger partial charge is 0.382 e. The summed E-state index contributed by atoms with van der Waals surface area (Å²) < 4.78 is 5.54. The van der Waals surface area contributed by atoms with Crippen molar-refractivity contribution in [3.63, 3.8) is 0 Å². The summed E-state index contributed by atoms with van der Waals surface area (Å²) in [5.74, 6) is 0. The molecule has 0 spiro atoms. The topological polar surface area (TPSA) is 93.0 Å². The fraction of sp³-hybridized carbons (Fsp3) is 0.632. The number of hydrogen-bond acceptors (Lipinski definition) is 6. The fourth-order valence-electron chi connectivity index (χ4n) is 3.55. The predicted molar refractivity (Wildman–Crippen MR) is 106 cm³/mol. The minimum Gasteiger partial charge on any atom is -0.382 e. The van der Waals surface area contributed by atoms with Crippen molar-refractivity contribution < 1.29 is 9.53 Å². The molecule has 150 valence electrons. The standard InChI is InChI=1S/C19H32N6O2/c1-3-25(23-20)18(26)21-12-15-24-13-7-10-19(11-14-24,16-27-2)22-17-8-5-4-6-9-17/h4-6,8-9,20,22H,3,7,10-16H2,1-2H3,(H,21,26). The molecule has 1 unspecified atom stereocenters. The lowest BCUT2D eigenvalue weighted by molar-refractivity contribution is 0.133. The fourth-order valence-corrected chi connectivity index (χ4v) is 3.55. The van der Waals surface area contributed by atoms with E-state index in [9.17, 15) is 4.79 Å². The molecule has 1 heterocycles. The highest BCUT2D eigenvalue weighted by molar-refractivity contribution is 5.73. The van der Waals surface area contributed by atoms with E-state index in [1.165, 1.54) is 0 Å². The summed E-state index contributed by atoms with van der Waals surface area (Å²) in [4.78, 5) is 14.2. The van der Waals surface area contributed by atoms with Gasteiger partial charge in [0.25, 0.3) is 0 Å². The molecular weight excluding hydrogens is 344 g/mol. The van der Waals surface area contributed by atoms with E-state index in [-0.39, 0.29) is 11.6 Å². The first-order valence-corrected chi connectivity index (χ1v) is 9.60. The third kappa shape index (κ3) is 6.48. The molecule has 1 aliphatic rings. The molecule has 2 rings (SSSR count). The number of para-hydroxylation sites is 1. The van der Waals surface area contributed by atoms with Gasteiger partial charge in [0.1, 0.15) is 0 Å². The third-order valence-corrected chi connectivity index (χ3v) is 5.00. The molecule has 8 heteroatoms. The highest BCUT2D eigenvalue weighted by Crippen LogP contribution is 2.27. The molecule has 3 N–H and O–H groups in total. The summed E-state index contributed by atoms with van der Waals surface area (Å²) in [7, 11) is 1.75. The van der Waals surface area contributed by atoms with Crippen molar-refractivity contribution in [1.82, 2.24) is 15.2 Å². The second-order valence-corrected chi connectivity index (χ2v) is 6.95. The van der Waals surface area contributed by atoms with Crippen molar-refractivity contribution in [1.29, 1.82) is 5.53 Å². The van der Waals surface area contributed by atoms with Crippen LogP contribution in [0.3, 0.4) is 0 Å². The van der Waals surface area contributed by atoms with Crippen LogP contribution in [0.5, 0.6) is 0 Å². The van der Waals surface area contributed by atoms with Gasteiger partial charge in [0.15, 0.2) is 0 Å². The Balaban J connectivity index is 1.86. The van der Waals surface area contributed by atoms with Crippen LogP contribution < -0.4 is 10.6 Å². The number of carbonyl (C=O) groups is 1. The Morgan fingerprint density at radius 1 is 1.33 bits per heavy atom. The maximum atomic E-state index is 11.9. The van der Waals surface area contributed by atoms with E-state index < -0.39 is 0 Å². The van der Waals surface area contributed by atoms with E-state index in [2.05, 4.69) is 32.9 Å². The first-order valence-electron chi connectivity index (χ1n) is 9.60. The molecule has 1 atom stereocenters. The maximum Gasteiger partial charge on any atom is 0.339 e. The van der Waals surface area contributed by atoms with Crippen molar-refractivity contribution in [2.24, 2.45) is 5.22 Å². The zero-order valence-electron chi connectivity index (χ0n) is 16.4. The molecule has 0 aliphatic carbocycles. The first kappa shape index (κ1) is 21.1. The number of nitrogens with one attached hydrogen (secondary N) is 3. The summed E-state index contributed by atoms with van der Waals surface area (Å²) in [5, 5.41) is 10.8. The second kappa shape index (κ2) is 10.8. The Hall–Kier alpha value is -2.19. The van der Waals surface area contributed by atoms with Crippen LogP contribution in [0, 0.1) is 5.53 Å². The Kier molecular flexibility index (Phi) is 8.47. The lowest BCUT2D eigenvalue weighted by atomic mass is 9.91. The van der Waals surface area contributed by atoms with Crippen LogP contribution in [0.1, 0.15) is 26.2 Å². The summed E-state index contributed by atoms with van der Waals surface area (Å²) in [5.41, 5.74) is 8.03. The molecular formula is C19H32N6O2. The average molecular weight is 377 g/mol. The lowest BCUT2D eigenvalue weighted by Crippen LogP contribution is -2.44. The molecule has 8 nitrogen and oxygen atoms in total. The molecule has 0 bridgehead atoms. The minimum atomic E-state index is -0.318. The number of benzene rings is 1. The number of urea groups is 1. The minimum absolute atomic E-state index is 0.0722. The molecule has 2 amide bonds. The number of hydrogen-bond donors (Lipinski definition) is 3. The van der Waals surface area contributed by atoms with E-state index in [1.54, 1.807) is 14.0 Å². The van der Waals surface area contributed by atoms with Crippen LogP contribution in [0.15, 0.2) is 35.6 Å². The first-order chi connectivity index (χ1) is 13.1. The summed E-state index contributed by atoms with van der Waals surface area (Å²) in [6.07, 6.45) is 3.09. The van der Waals surface area contributed by atoms with Crippen LogP contribution in [0.4, 0.5) is 10.5 Å². The third-order valence-electron chi connectivity index (χ3n) is 5.00. The van der Waals surface area contributed by atoms with Crippen molar-refractivity contribution in [3.05, 3.63) is 30.3 Å². The summed E-state index contributed by atoms with van der Waals surface area (Å²) in [6, 6.07) is 9.96. The molecule has 1 saturated heterocycles. The van der Waals surface area contributed by atoms with Gasteiger partial charge >= 0.3 is 6.03 Å². The number of carbonyl (C=O) groups excluding carboxylic acids is 1. The predicted octanol–water partition coefficient (Wildman–Crippen LogP) is 2.95. The number of anilines is 1. The highest BCUT2D eigenvalue weighted by Gasteiger charge is 2.32. The van der Waals surface area contributed by atoms with Gasteiger partial charge in [-0.2, -0.15) is 10.5 Å². The number of methoxy groups -OCH3 is 1. The Morgan fingerprint density at radius 2 is 2.11 bits per heavy atom. The molecule has 0 radical (unpaired) electrons. The quantitative estimate of drug-likeness (QED) is 0.456. The second-order valence-electron chi connectivity index (χ2n) is 6.95. The van der Waals surface area contributed by atoms with Gasteiger partial charge in [-0.15, -0.1) is 0 Å². The number of rotatable bonds is 9. The zero-order chi connectivity index (χ0) is 19.5. The Bertz CT molecular complexity index is 585. The van der Waals surface area contributed by atoms with Crippen molar-refractivity contribution in [2.75, 3.05) is 51.8 Å². The van der Waals surface area contributed by atoms with Gasteiger partial charge in [0.05, 0.1) is 12.1 Å². The van der Waals surface area contributed by atoms with E-state index >= 15 is 0 Å². The van der Waals surface area contributed by atoms with Gasteiger partial charge in [-0.25, -0.2) is 4.79 Å². The average Bonchev–Trinajstić information content (AvgIpc) is 2.86. The lowest BCUT2D eigenvalue weighted by Gasteiger charge is -2.34. The van der Waals surface area contributed by atoms with Crippen LogP contribution in [-0.2, 0) is 4.74 Å². The highest BCUT2D eigenvalue weighted by atomic mass is 16.5. The van der Waals surface area contributed by atoms with Crippen LogP contribution >= 0.6 is 0 Å². The number of ether oxygens (including phenoxy) is 1. The van der Waals surface area contributed by atoms with Crippen LogP contribution in [0.2, 0.25) is 0 Å². The molecule has 27 heavy (non-hydrogen) atoms. The normalized spacial score (nSPS) is 20.5. The van der Waals surface area contributed by atoms with Gasteiger partial charge in [0.2, 0.25) is 0 Å². The maximum absolute atomic E-state index is 11.9. The van der Waals surface area contributed by atoms with Gasteiger partial charge < -0.3 is 20.3 Å². The van der Waals surface area contributed by atoms with Gasteiger partial charge in [-0.1, -0.05) is 23.4 Å². The molecule has 0 saturated carbocycles. The van der Waals surface area contributed by atoms with E-state index in [0.29, 0.717) is 19.7 Å². The molecule has 1 fully saturated rings. The number of likely N-dealkylation sites (tertiary alicyclic amines) is 1. The zero-order valence-corrected chi connectivity index (χ0v) is 16.4. The SMILES string of the molecule is CCN(N=N)C(=O)NCCN1CCCC(COC)(Nc2ccccc2)CC1. The molecule has 0 aromatic heterocycles. The van der Waals surface area contributed by atoms with E-state index in [4.69, 9.17) is 10.3 Å². The molecule has 1 aliphatic heterocycles. The smallest absolute Gasteiger partial charge is 0.339 e. The number of nitrogens with zero attached hydrogens (tertiary/aromatic N) is 3. The summed E-state index contributed by atoms with van der Waals surface area (Å²) >= 11 is 0. The van der Waals surface area contributed by atoms with Gasteiger partial charge in [-0.05, 0) is 44.9 Å². The molecule has 1 aromatic carbocycles.